The zero-order chi connectivity index (χ0) is 19.8. The zero-order valence-corrected chi connectivity index (χ0v) is 15.9. The summed E-state index contributed by atoms with van der Waals surface area (Å²) in [6.45, 7) is 0.837. The third-order valence-corrected chi connectivity index (χ3v) is 4.22. The molecule has 0 aliphatic heterocycles. The van der Waals surface area contributed by atoms with E-state index in [9.17, 15) is 4.79 Å². The lowest BCUT2D eigenvalue weighted by Crippen LogP contribution is -2.14. The van der Waals surface area contributed by atoms with E-state index in [1.807, 2.05) is 66.7 Å². The number of benzene rings is 3. The van der Waals surface area contributed by atoms with Crippen LogP contribution in [0.5, 0.6) is 11.5 Å². The maximum atomic E-state index is 12.5. The quantitative estimate of drug-likeness (QED) is 0.626. The number of hydrogen-bond donors (Lipinski definition) is 2. The molecule has 5 heteroatoms. The van der Waals surface area contributed by atoms with Crippen molar-refractivity contribution in [3.05, 3.63) is 78.4 Å². The van der Waals surface area contributed by atoms with Crippen LogP contribution in [-0.2, 0) is 11.2 Å². The molecule has 0 heterocycles. The highest BCUT2D eigenvalue weighted by Gasteiger charge is 2.10. The first-order valence-corrected chi connectivity index (χ1v) is 9.14. The van der Waals surface area contributed by atoms with Crippen molar-refractivity contribution in [3.8, 4) is 22.6 Å². The molecule has 0 aliphatic rings. The summed E-state index contributed by atoms with van der Waals surface area (Å²) >= 11 is 0. The van der Waals surface area contributed by atoms with E-state index in [-0.39, 0.29) is 12.3 Å². The Morgan fingerprint density at radius 1 is 0.929 bits per heavy atom. The number of carbonyl (C=O) groups is 1. The molecule has 0 saturated carbocycles. The predicted octanol–water partition coefficient (Wildman–Crippen LogP) is 3.88. The minimum Gasteiger partial charge on any atom is -0.493 e. The first-order chi connectivity index (χ1) is 13.7. The molecule has 0 atom stereocenters. The molecule has 3 aromatic rings. The van der Waals surface area contributed by atoms with Gasteiger partial charge >= 0.3 is 0 Å². The molecule has 3 rings (SSSR count). The van der Waals surface area contributed by atoms with Crippen molar-refractivity contribution in [2.75, 3.05) is 25.6 Å². The van der Waals surface area contributed by atoms with Gasteiger partial charge in [0, 0.05) is 12.2 Å². The number of anilines is 1. The molecular weight excluding hydrogens is 352 g/mol. The largest absolute Gasteiger partial charge is 0.493 e. The molecule has 0 radical (unpaired) electrons. The Morgan fingerprint density at radius 3 is 2.46 bits per heavy atom. The number of rotatable bonds is 8. The molecule has 5 nitrogen and oxygen atoms in total. The molecule has 1 amide bonds. The van der Waals surface area contributed by atoms with Gasteiger partial charge in [0.15, 0.2) is 11.5 Å². The number of hydrogen-bond acceptors (Lipinski definition) is 4. The van der Waals surface area contributed by atoms with Crippen LogP contribution in [0, 0.1) is 0 Å². The van der Waals surface area contributed by atoms with Crippen LogP contribution in [-0.4, -0.2) is 26.2 Å². The van der Waals surface area contributed by atoms with Gasteiger partial charge in [-0.3, -0.25) is 4.79 Å². The van der Waals surface area contributed by atoms with E-state index < -0.39 is 0 Å². The van der Waals surface area contributed by atoms with Gasteiger partial charge in [0.05, 0.1) is 13.5 Å². The van der Waals surface area contributed by atoms with Gasteiger partial charge in [0.25, 0.3) is 0 Å². The van der Waals surface area contributed by atoms with E-state index >= 15 is 0 Å². The van der Waals surface area contributed by atoms with Gasteiger partial charge in [-0.05, 0) is 41.0 Å². The molecule has 0 saturated heterocycles. The van der Waals surface area contributed by atoms with Crippen LogP contribution in [0.15, 0.2) is 72.8 Å². The minimum atomic E-state index is -0.0945. The highest BCUT2D eigenvalue weighted by molar-refractivity contribution is 5.93. The third kappa shape index (κ3) is 5.11. The summed E-state index contributed by atoms with van der Waals surface area (Å²) in [6, 6.07) is 23.3. The van der Waals surface area contributed by atoms with Gasteiger partial charge in [-0.15, -0.1) is 0 Å². The second kappa shape index (κ2) is 9.58. The molecule has 0 aromatic heterocycles. The fraction of sp³-hybridized carbons (Fsp3) is 0.174. The SMILES string of the molecule is COc1cc(CC(=O)Nc2cccc(-c3ccccc3)c2)ccc1OCCN. The fourth-order valence-corrected chi connectivity index (χ4v) is 2.91. The van der Waals surface area contributed by atoms with E-state index in [2.05, 4.69) is 5.32 Å². The third-order valence-electron chi connectivity index (χ3n) is 4.22. The number of ether oxygens (including phenoxy) is 2. The number of methoxy groups -OCH3 is 1. The Hall–Kier alpha value is -3.31. The fourth-order valence-electron chi connectivity index (χ4n) is 2.91. The topological polar surface area (TPSA) is 73.6 Å². The van der Waals surface area contributed by atoms with Crippen LogP contribution in [0.25, 0.3) is 11.1 Å². The van der Waals surface area contributed by atoms with E-state index in [4.69, 9.17) is 15.2 Å². The van der Waals surface area contributed by atoms with Gasteiger partial charge < -0.3 is 20.5 Å². The Labute approximate surface area is 165 Å². The second-order valence-corrected chi connectivity index (χ2v) is 6.29. The Bertz CT molecular complexity index is 926. The first kappa shape index (κ1) is 19.5. The van der Waals surface area contributed by atoms with Crippen molar-refractivity contribution < 1.29 is 14.3 Å². The average molecular weight is 376 g/mol. The Morgan fingerprint density at radius 2 is 1.71 bits per heavy atom. The van der Waals surface area contributed by atoms with Crippen LogP contribution in [0.2, 0.25) is 0 Å². The minimum absolute atomic E-state index is 0.0945. The predicted molar refractivity (Wildman–Crippen MR) is 112 cm³/mol. The first-order valence-electron chi connectivity index (χ1n) is 9.14. The van der Waals surface area contributed by atoms with E-state index in [0.717, 1.165) is 22.4 Å². The van der Waals surface area contributed by atoms with Crippen molar-refractivity contribution in [1.29, 1.82) is 0 Å². The summed E-state index contributed by atoms with van der Waals surface area (Å²) in [5.41, 5.74) is 9.24. The van der Waals surface area contributed by atoms with Crippen molar-refractivity contribution >= 4 is 11.6 Å². The normalized spacial score (nSPS) is 10.4. The monoisotopic (exact) mass is 376 g/mol. The molecule has 0 aliphatic carbocycles. The summed E-state index contributed by atoms with van der Waals surface area (Å²) in [6.07, 6.45) is 0.239. The summed E-state index contributed by atoms with van der Waals surface area (Å²) in [5, 5.41) is 2.96. The highest BCUT2D eigenvalue weighted by atomic mass is 16.5. The average Bonchev–Trinajstić information content (AvgIpc) is 2.73. The summed E-state index contributed by atoms with van der Waals surface area (Å²) in [7, 11) is 1.57. The van der Waals surface area contributed by atoms with Gasteiger partial charge in [0.2, 0.25) is 5.91 Å². The van der Waals surface area contributed by atoms with Gasteiger partial charge in [-0.1, -0.05) is 48.5 Å². The van der Waals surface area contributed by atoms with E-state index in [1.165, 1.54) is 0 Å². The maximum absolute atomic E-state index is 12.5. The number of carbonyl (C=O) groups excluding carboxylic acids is 1. The van der Waals surface area contributed by atoms with Gasteiger partial charge in [-0.25, -0.2) is 0 Å². The smallest absolute Gasteiger partial charge is 0.228 e. The Balaban J connectivity index is 1.67. The van der Waals surface area contributed by atoms with Crippen LogP contribution < -0.4 is 20.5 Å². The number of nitrogens with two attached hydrogens (primary N) is 1. The van der Waals surface area contributed by atoms with Crippen LogP contribution in [0.3, 0.4) is 0 Å². The van der Waals surface area contributed by atoms with Crippen molar-refractivity contribution in [1.82, 2.24) is 0 Å². The van der Waals surface area contributed by atoms with Gasteiger partial charge in [-0.2, -0.15) is 0 Å². The Kier molecular flexibility index (Phi) is 6.65. The molecule has 0 spiro atoms. The lowest BCUT2D eigenvalue weighted by molar-refractivity contribution is -0.115. The van der Waals surface area contributed by atoms with Crippen molar-refractivity contribution in [2.45, 2.75) is 6.42 Å². The molecule has 0 unspecified atom stereocenters. The molecule has 3 aromatic carbocycles. The van der Waals surface area contributed by atoms with E-state index in [0.29, 0.717) is 24.7 Å². The highest BCUT2D eigenvalue weighted by Crippen LogP contribution is 2.28. The van der Waals surface area contributed by atoms with Crippen LogP contribution in [0.4, 0.5) is 5.69 Å². The molecule has 144 valence electrons. The molecule has 28 heavy (non-hydrogen) atoms. The zero-order valence-electron chi connectivity index (χ0n) is 15.9. The summed E-state index contributed by atoms with van der Waals surface area (Å²) in [4.78, 5) is 12.5. The van der Waals surface area contributed by atoms with Crippen molar-refractivity contribution in [2.24, 2.45) is 5.73 Å². The number of amides is 1. The summed E-state index contributed by atoms with van der Waals surface area (Å²) in [5.74, 6) is 1.11. The molecule has 0 bridgehead atoms. The van der Waals surface area contributed by atoms with Gasteiger partial charge in [0.1, 0.15) is 6.61 Å². The second-order valence-electron chi connectivity index (χ2n) is 6.29. The summed E-state index contributed by atoms with van der Waals surface area (Å²) < 4.78 is 10.9. The lowest BCUT2D eigenvalue weighted by atomic mass is 10.1. The van der Waals surface area contributed by atoms with E-state index in [1.54, 1.807) is 13.2 Å². The maximum Gasteiger partial charge on any atom is 0.228 e. The van der Waals surface area contributed by atoms with Crippen LogP contribution >= 0.6 is 0 Å². The van der Waals surface area contributed by atoms with Crippen LogP contribution in [0.1, 0.15) is 5.56 Å². The lowest BCUT2D eigenvalue weighted by Gasteiger charge is -2.12. The molecule has 3 N–H and O–H groups in total. The molecule has 0 fully saturated rings. The number of nitrogens with one attached hydrogen (secondary N) is 1. The molecular formula is C23H24N2O3. The van der Waals surface area contributed by atoms with Crippen molar-refractivity contribution in [3.63, 3.8) is 0 Å². The standard InChI is InChI=1S/C23H24N2O3/c1-27-22-14-17(10-11-21(22)28-13-12-24)15-23(26)25-20-9-5-8-19(16-20)18-6-3-2-4-7-18/h2-11,14,16H,12-13,15,24H2,1H3,(H,25,26).